The van der Waals surface area contributed by atoms with Crippen LogP contribution in [0.1, 0.15) is 51.9 Å². The monoisotopic (exact) mass is 282 g/mol. The van der Waals surface area contributed by atoms with Gasteiger partial charge in [0.25, 0.3) is 0 Å². The second kappa shape index (κ2) is 6.46. The van der Waals surface area contributed by atoms with E-state index in [4.69, 9.17) is 0 Å². The van der Waals surface area contributed by atoms with Crippen LogP contribution in [-0.2, 0) is 4.79 Å². The van der Waals surface area contributed by atoms with E-state index < -0.39 is 12.0 Å². The predicted octanol–water partition coefficient (Wildman–Crippen LogP) is 2.56. The topological polar surface area (TPSA) is 60.9 Å². The molecule has 0 aromatic rings. The number of nitrogens with zero attached hydrogens (tertiary/aromatic N) is 2. The van der Waals surface area contributed by atoms with Crippen molar-refractivity contribution in [3.63, 3.8) is 0 Å². The Hall–Kier alpha value is -1.26. The number of hydrogen-bond acceptors (Lipinski definition) is 2. The zero-order chi connectivity index (χ0) is 14.7. The van der Waals surface area contributed by atoms with Crippen molar-refractivity contribution in [3.05, 3.63) is 0 Å². The molecule has 5 heteroatoms. The summed E-state index contributed by atoms with van der Waals surface area (Å²) < 4.78 is 0. The lowest BCUT2D eigenvalue weighted by Crippen LogP contribution is -2.50. The standard InChI is InChI=1S/C15H26N2O3/c1-3-11-6-8-12(9-7-11)16(2)15(20)17-10-4-5-13(17)14(18)19/h11-13H,3-10H2,1-2H3,(H,18,19)/t11?,12?,13-/m0/s1. The van der Waals surface area contributed by atoms with E-state index in [1.165, 1.54) is 24.2 Å². The number of carbonyl (C=O) groups excluding carboxylic acids is 1. The third-order valence-electron chi connectivity index (χ3n) is 5.03. The molecule has 0 spiro atoms. The minimum atomic E-state index is -0.876. The molecule has 5 nitrogen and oxygen atoms in total. The molecule has 2 rings (SSSR count). The van der Waals surface area contributed by atoms with Gasteiger partial charge in [-0.05, 0) is 44.4 Å². The predicted molar refractivity (Wildman–Crippen MR) is 76.6 cm³/mol. The van der Waals surface area contributed by atoms with Crippen LogP contribution in [0.15, 0.2) is 0 Å². The van der Waals surface area contributed by atoms with Gasteiger partial charge < -0.3 is 14.9 Å². The second-order valence-electron chi connectivity index (χ2n) is 6.17. The van der Waals surface area contributed by atoms with Crippen LogP contribution in [0.4, 0.5) is 4.79 Å². The van der Waals surface area contributed by atoms with Crippen LogP contribution in [0.2, 0.25) is 0 Å². The third kappa shape index (κ3) is 3.07. The number of carboxylic acids is 1. The maximum Gasteiger partial charge on any atom is 0.326 e. The number of aliphatic carboxylic acids is 1. The molecule has 1 aliphatic carbocycles. The first-order chi connectivity index (χ1) is 9.54. The van der Waals surface area contributed by atoms with Crippen molar-refractivity contribution < 1.29 is 14.7 Å². The van der Waals surface area contributed by atoms with Crippen LogP contribution in [0.25, 0.3) is 0 Å². The molecule has 1 aliphatic heterocycles. The van der Waals surface area contributed by atoms with Crippen LogP contribution in [-0.4, -0.2) is 52.6 Å². The SMILES string of the molecule is CCC1CCC(N(C)C(=O)N2CCC[C@H]2C(=O)O)CC1. The minimum Gasteiger partial charge on any atom is -0.480 e. The number of urea groups is 1. The average molecular weight is 282 g/mol. The Morgan fingerprint density at radius 2 is 1.85 bits per heavy atom. The molecule has 20 heavy (non-hydrogen) atoms. The number of rotatable bonds is 3. The summed E-state index contributed by atoms with van der Waals surface area (Å²) in [5.74, 6) is -0.0766. The Bertz CT molecular complexity index is 364. The lowest BCUT2D eigenvalue weighted by Gasteiger charge is -2.37. The summed E-state index contributed by atoms with van der Waals surface area (Å²) in [6, 6.07) is -0.452. The van der Waals surface area contributed by atoms with Crippen molar-refractivity contribution in [3.8, 4) is 0 Å². The highest BCUT2D eigenvalue weighted by Crippen LogP contribution is 2.30. The Morgan fingerprint density at radius 1 is 1.20 bits per heavy atom. The van der Waals surface area contributed by atoms with Gasteiger partial charge in [-0.25, -0.2) is 9.59 Å². The molecule has 0 unspecified atom stereocenters. The van der Waals surface area contributed by atoms with Gasteiger partial charge in [-0.15, -0.1) is 0 Å². The van der Waals surface area contributed by atoms with E-state index in [0.717, 1.165) is 25.2 Å². The van der Waals surface area contributed by atoms with E-state index in [0.29, 0.717) is 13.0 Å². The van der Waals surface area contributed by atoms with Gasteiger partial charge in [0.15, 0.2) is 0 Å². The number of amides is 2. The molecular weight excluding hydrogens is 256 g/mol. The average Bonchev–Trinajstić information content (AvgIpc) is 2.95. The maximum atomic E-state index is 12.5. The van der Waals surface area contributed by atoms with E-state index in [1.54, 1.807) is 4.90 Å². The normalized spacial score (nSPS) is 30.3. The fourth-order valence-electron chi connectivity index (χ4n) is 3.55. The number of carboxylic acid groups (broad SMARTS) is 1. The largest absolute Gasteiger partial charge is 0.480 e. The molecule has 2 fully saturated rings. The molecule has 0 aromatic carbocycles. The highest BCUT2D eigenvalue weighted by atomic mass is 16.4. The number of carbonyl (C=O) groups is 2. The summed E-state index contributed by atoms with van der Waals surface area (Å²) in [6.07, 6.45) is 7.05. The molecule has 2 aliphatic rings. The fourth-order valence-corrected chi connectivity index (χ4v) is 3.55. The van der Waals surface area contributed by atoms with Crippen molar-refractivity contribution in [1.82, 2.24) is 9.80 Å². The second-order valence-corrected chi connectivity index (χ2v) is 6.17. The van der Waals surface area contributed by atoms with Gasteiger partial charge in [0.05, 0.1) is 0 Å². The third-order valence-corrected chi connectivity index (χ3v) is 5.03. The highest BCUT2D eigenvalue weighted by Gasteiger charge is 2.37. The van der Waals surface area contributed by atoms with Gasteiger partial charge >= 0.3 is 12.0 Å². The Morgan fingerprint density at radius 3 is 2.40 bits per heavy atom. The Labute approximate surface area is 120 Å². The van der Waals surface area contributed by atoms with Gasteiger partial charge in [-0.3, -0.25) is 0 Å². The first-order valence-corrected chi connectivity index (χ1v) is 7.80. The van der Waals surface area contributed by atoms with Gasteiger partial charge in [0.2, 0.25) is 0 Å². The molecule has 2 amide bonds. The first kappa shape index (κ1) is 15.1. The lowest BCUT2D eigenvalue weighted by molar-refractivity contribution is -0.141. The van der Waals surface area contributed by atoms with Crippen molar-refractivity contribution in [2.45, 2.75) is 64.0 Å². The van der Waals surface area contributed by atoms with E-state index in [-0.39, 0.29) is 12.1 Å². The Balaban J connectivity index is 1.93. The zero-order valence-corrected chi connectivity index (χ0v) is 12.5. The molecule has 1 saturated carbocycles. The van der Waals surface area contributed by atoms with Crippen molar-refractivity contribution >= 4 is 12.0 Å². The van der Waals surface area contributed by atoms with Gasteiger partial charge in [-0.1, -0.05) is 13.3 Å². The van der Waals surface area contributed by atoms with Crippen LogP contribution in [0.5, 0.6) is 0 Å². The van der Waals surface area contributed by atoms with Crippen LogP contribution in [0, 0.1) is 5.92 Å². The fraction of sp³-hybridized carbons (Fsp3) is 0.867. The van der Waals surface area contributed by atoms with Gasteiger partial charge in [-0.2, -0.15) is 0 Å². The van der Waals surface area contributed by atoms with Crippen molar-refractivity contribution in [2.24, 2.45) is 5.92 Å². The zero-order valence-electron chi connectivity index (χ0n) is 12.5. The van der Waals surface area contributed by atoms with Crippen molar-refractivity contribution in [2.75, 3.05) is 13.6 Å². The summed E-state index contributed by atoms with van der Waals surface area (Å²) >= 11 is 0. The van der Waals surface area contributed by atoms with Gasteiger partial charge in [0, 0.05) is 19.6 Å². The first-order valence-electron chi connectivity index (χ1n) is 7.80. The summed E-state index contributed by atoms with van der Waals surface area (Å²) in [5, 5.41) is 9.18. The highest BCUT2D eigenvalue weighted by molar-refractivity contribution is 5.83. The maximum absolute atomic E-state index is 12.5. The summed E-state index contributed by atoms with van der Waals surface area (Å²) in [5.41, 5.74) is 0. The van der Waals surface area contributed by atoms with Crippen LogP contribution < -0.4 is 0 Å². The van der Waals surface area contributed by atoms with Crippen LogP contribution in [0.3, 0.4) is 0 Å². The molecule has 0 radical (unpaired) electrons. The summed E-state index contributed by atoms with van der Waals surface area (Å²) in [6.45, 7) is 2.80. The molecule has 1 saturated heterocycles. The molecule has 0 bridgehead atoms. The van der Waals surface area contributed by atoms with Crippen LogP contribution >= 0.6 is 0 Å². The number of likely N-dealkylation sites (tertiary alicyclic amines) is 1. The van der Waals surface area contributed by atoms with E-state index in [1.807, 2.05) is 7.05 Å². The summed E-state index contributed by atoms with van der Waals surface area (Å²) in [7, 11) is 1.83. The molecule has 1 atom stereocenters. The molecule has 1 heterocycles. The quantitative estimate of drug-likeness (QED) is 0.865. The smallest absolute Gasteiger partial charge is 0.326 e. The minimum absolute atomic E-state index is 0.102. The molecule has 0 aromatic heterocycles. The van der Waals surface area contributed by atoms with Crippen molar-refractivity contribution in [1.29, 1.82) is 0 Å². The molecule has 114 valence electrons. The van der Waals surface area contributed by atoms with E-state index >= 15 is 0 Å². The number of hydrogen-bond donors (Lipinski definition) is 1. The summed E-state index contributed by atoms with van der Waals surface area (Å²) in [4.78, 5) is 27.0. The Kier molecular flexibility index (Phi) is 4.89. The van der Waals surface area contributed by atoms with Gasteiger partial charge in [0.1, 0.15) is 6.04 Å². The lowest BCUT2D eigenvalue weighted by atomic mass is 9.84. The molecular formula is C15H26N2O3. The molecule has 1 N–H and O–H groups in total. The van der Waals surface area contributed by atoms with E-state index in [2.05, 4.69) is 6.92 Å². The van der Waals surface area contributed by atoms with E-state index in [9.17, 15) is 14.7 Å².